The Morgan fingerprint density at radius 1 is 0.955 bits per heavy atom. The highest BCUT2D eigenvalue weighted by atomic mass is 35.5. The predicted octanol–water partition coefficient (Wildman–Crippen LogP) is 4.22. The summed E-state index contributed by atoms with van der Waals surface area (Å²) in [6, 6.07) is 11.0. The van der Waals surface area contributed by atoms with Crippen molar-refractivity contribution in [2.45, 2.75) is 13.8 Å². The van der Waals surface area contributed by atoms with Crippen LogP contribution in [0.4, 0.5) is 23.3 Å². The molecule has 0 saturated carbocycles. The van der Waals surface area contributed by atoms with Crippen molar-refractivity contribution in [2.75, 3.05) is 10.6 Å². The molecule has 0 atom stereocenters. The summed E-state index contributed by atoms with van der Waals surface area (Å²) in [5.41, 5.74) is 1.69. The van der Waals surface area contributed by atoms with Gasteiger partial charge in [0.1, 0.15) is 11.6 Å². The van der Waals surface area contributed by atoms with Crippen molar-refractivity contribution in [1.29, 1.82) is 0 Å². The number of benzene rings is 1. The molecule has 0 spiro atoms. The van der Waals surface area contributed by atoms with Crippen molar-refractivity contribution in [2.24, 2.45) is 0 Å². The number of anilines is 4. The summed E-state index contributed by atoms with van der Waals surface area (Å²) in [7, 11) is 0. The minimum atomic E-state index is 0.491. The van der Waals surface area contributed by atoms with Crippen LogP contribution in [-0.2, 0) is 0 Å². The van der Waals surface area contributed by atoms with Crippen LogP contribution in [0.5, 0.6) is 0 Å². The van der Waals surface area contributed by atoms with Gasteiger partial charge in [-0.3, -0.25) is 0 Å². The van der Waals surface area contributed by atoms with Crippen LogP contribution < -0.4 is 10.6 Å². The molecule has 2 N–H and O–H groups in total. The van der Waals surface area contributed by atoms with E-state index in [4.69, 9.17) is 16.1 Å². The molecule has 0 radical (unpaired) electrons. The average Bonchev–Trinajstić information content (AvgIpc) is 2.86. The Balaban J connectivity index is 1.81. The molecule has 0 aliphatic carbocycles. The Hall–Kier alpha value is -2.60. The monoisotopic (exact) mass is 315 g/mol. The standard InChI is InChI=1S/C15H14ClN5O/c1-9-7-13(19-14-8-10(2)22-21-14)20-15(17-9)18-12-5-3-11(16)4-6-12/h3-8H,1-2H3,(H2,17,18,19,20,21). The number of hydrogen-bond donors (Lipinski definition) is 2. The lowest BCUT2D eigenvalue weighted by Gasteiger charge is -2.08. The summed E-state index contributed by atoms with van der Waals surface area (Å²) in [6.45, 7) is 3.73. The number of nitrogens with zero attached hydrogens (tertiary/aromatic N) is 3. The maximum absolute atomic E-state index is 5.87. The first kappa shape index (κ1) is 14.3. The van der Waals surface area contributed by atoms with Gasteiger partial charge in [-0.15, -0.1) is 0 Å². The van der Waals surface area contributed by atoms with Gasteiger partial charge in [-0.25, -0.2) is 4.98 Å². The summed E-state index contributed by atoms with van der Waals surface area (Å²) in [4.78, 5) is 8.77. The number of nitrogens with one attached hydrogen (secondary N) is 2. The zero-order chi connectivity index (χ0) is 15.5. The molecule has 0 aliphatic heterocycles. The van der Waals surface area contributed by atoms with Gasteiger partial charge in [0.25, 0.3) is 0 Å². The zero-order valence-corrected chi connectivity index (χ0v) is 12.8. The van der Waals surface area contributed by atoms with Crippen LogP contribution in [0.15, 0.2) is 40.9 Å². The van der Waals surface area contributed by atoms with E-state index in [1.165, 1.54) is 0 Å². The van der Waals surface area contributed by atoms with Crippen molar-refractivity contribution in [3.05, 3.63) is 52.9 Å². The van der Waals surface area contributed by atoms with Crippen molar-refractivity contribution >= 4 is 34.9 Å². The van der Waals surface area contributed by atoms with Gasteiger partial charge < -0.3 is 15.2 Å². The van der Waals surface area contributed by atoms with Crippen LogP contribution in [0.3, 0.4) is 0 Å². The SMILES string of the molecule is Cc1cc(Nc2cc(C)on2)nc(Nc2ccc(Cl)cc2)n1. The van der Waals surface area contributed by atoms with E-state index in [-0.39, 0.29) is 0 Å². The lowest BCUT2D eigenvalue weighted by Crippen LogP contribution is -2.02. The zero-order valence-electron chi connectivity index (χ0n) is 12.1. The van der Waals surface area contributed by atoms with Gasteiger partial charge in [0.05, 0.1) is 0 Å². The molecule has 3 rings (SSSR count). The fraction of sp³-hybridized carbons (Fsp3) is 0.133. The topological polar surface area (TPSA) is 75.9 Å². The minimum Gasteiger partial charge on any atom is -0.360 e. The molecule has 2 heterocycles. The van der Waals surface area contributed by atoms with E-state index in [0.717, 1.165) is 17.1 Å². The molecule has 7 heteroatoms. The van der Waals surface area contributed by atoms with Crippen LogP contribution >= 0.6 is 11.6 Å². The van der Waals surface area contributed by atoms with Gasteiger partial charge in [-0.1, -0.05) is 16.8 Å². The Bertz CT molecular complexity index is 785. The molecule has 3 aromatic rings. The average molecular weight is 316 g/mol. The maximum Gasteiger partial charge on any atom is 0.229 e. The first-order chi connectivity index (χ1) is 10.6. The van der Waals surface area contributed by atoms with E-state index >= 15 is 0 Å². The van der Waals surface area contributed by atoms with Gasteiger partial charge >= 0.3 is 0 Å². The van der Waals surface area contributed by atoms with Crippen LogP contribution in [-0.4, -0.2) is 15.1 Å². The van der Waals surface area contributed by atoms with Crippen molar-refractivity contribution in [3.8, 4) is 0 Å². The third-order valence-electron chi connectivity index (χ3n) is 2.84. The van der Waals surface area contributed by atoms with Gasteiger partial charge in [0.15, 0.2) is 5.82 Å². The normalized spacial score (nSPS) is 10.5. The van der Waals surface area contributed by atoms with Crippen LogP contribution in [0, 0.1) is 13.8 Å². The summed E-state index contributed by atoms with van der Waals surface area (Å²) in [5.74, 6) is 2.46. The maximum atomic E-state index is 5.87. The molecular weight excluding hydrogens is 302 g/mol. The summed E-state index contributed by atoms with van der Waals surface area (Å²) in [6.07, 6.45) is 0. The third kappa shape index (κ3) is 3.53. The Kier molecular flexibility index (Phi) is 3.93. The van der Waals surface area contributed by atoms with Crippen molar-refractivity contribution < 1.29 is 4.52 Å². The molecule has 2 aromatic heterocycles. The van der Waals surface area contributed by atoms with Crippen molar-refractivity contribution in [1.82, 2.24) is 15.1 Å². The smallest absolute Gasteiger partial charge is 0.229 e. The largest absolute Gasteiger partial charge is 0.360 e. The number of aromatic nitrogens is 3. The first-order valence-electron chi connectivity index (χ1n) is 6.67. The molecule has 0 unspecified atom stereocenters. The summed E-state index contributed by atoms with van der Waals surface area (Å²) < 4.78 is 5.02. The molecule has 0 aliphatic rings. The second kappa shape index (κ2) is 6.03. The summed E-state index contributed by atoms with van der Waals surface area (Å²) >= 11 is 5.87. The summed E-state index contributed by atoms with van der Waals surface area (Å²) in [5, 5.41) is 10.8. The highest BCUT2D eigenvalue weighted by Crippen LogP contribution is 2.20. The highest BCUT2D eigenvalue weighted by molar-refractivity contribution is 6.30. The molecule has 0 fully saturated rings. The van der Waals surface area contributed by atoms with E-state index < -0.39 is 0 Å². The lowest BCUT2D eigenvalue weighted by atomic mass is 10.3. The van der Waals surface area contributed by atoms with E-state index in [9.17, 15) is 0 Å². The molecule has 112 valence electrons. The number of halogens is 1. The lowest BCUT2D eigenvalue weighted by molar-refractivity contribution is 0.400. The van der Waals surface area contributed by atoms with Crippen molar-refractivity contribution in [3.63, 3.8) is 0 Å². The number of aryl methyl sites for hydroxylation is 2. The highest BCUT2D eigenvalue weighted by Gasteiger charge is 2.06. The van der Waals surface area contributed by atoms with Crippen LogP contribution in [0.1, 0.15) is 11.5 Å². The second-order valence-electron chi connectivity index (χ2n) is 4.80. The van der Waals surface area contributed by atoms with Gasteiger partial charge in [-0.05, 0) is 38.1 Å². The first-order valence-corrected chi connectivity index (χ1v) is 7.05. The van der Waals surface area contributed by atoms with E-state index in [0.29, 0.717) is 22.6 Å². The fourth-order valence-electron chi connectivity index (χ4n) is 1.91. The van der Waals surface area contributed by atoms with E-state index in [1.807, 2.05) is 32.0 Å². The Labute approximate surface area is 132 Å². The third-order valence-corrected chi connectivity index (χ3v) is 3.09. The molecule has 0 saturated heterocycles. The molecule has 22 heavy (non-hydrogen) atoms. The van der Waals surface area contributed by atoms with Gasteiger partial charge in [0, 0.05) is 28.5 Å². The van der Waals surface area contributed by atoms with E-state index in [1.54, 1.807) is 18.2 Å². The minimum absolute atomic E-state index is 0.491. The quantitative estimate of drug-likeness (QED) is 0.750. The molecule has 6 nitrogen and oxygen atoms in total. The van der Waals surface area contributed by atoms with Crippen LogP contribution in [0.2, 0.25) is 5.02 Å². The second-order valence-corrected chi connectivity index (χ2v) is 5.23. The Morgan fingerprint density at radius 3 is 2.41 bits per heavy atom. The molecular formula is C15H14ClN5O. The number of rotatable bonds is 4. The van der Waals surface area contributed by atoms with E-state index in [2.05, 4.69) is 25.8 Å². The van der Waals surface area contributed by atoms with Crippen LogP contribution in [0.25, 0.3) is 0 Å². The Morgan fingerprint density at radius 2 is 1.73 bits per heavy atom. The fourth-order valence-corrected chi connectivity index (χ4v) is 2.03. The molecule has 0 bridgehead atoms. The number of hydrogen-bond acceptors (Lipinski definition) is 6. The van der Waals surface area contributed by atoms with Gasteiger partial charge in [0.2, 0.25) is 5.95 Å². The predicted molar refractivity (Wildman–Crippen MR) is 86.0 cm³/mol. The molecule has 1 aromatic carbocycles. The molecule has 0 amide bonds. The van der Waals surface area contributed by atoms with Gasteiger partial charge in [-0.2, -0.15) is 4.98 Å².